The summed E-state index contributed by atoms with van der Waals surface area (Å²) in [6, 6.07) is 23.4. The summed E-state index contributed by atoms with van der Waals surface area (Å²) >= 11 is 0. The molecule has 1 heterocycles. The second-order valence-corrected chi connectivity index (χ2v) is 6.85. The molecule has 1 N–H and O–H groups in total. The van der Waals surface area contributed by atoms with Crippen LogP contribution in [0.5, 0.6) is 5.75 Å². The van der Waals surface area contributed by atoms with E-state index in [1.54, 1.807) is 18.2 Å². The summed E-state index contributed by atoms with van der Waals surface area (Å²) in [6.07, 6.45) is 0.273. The van der Waals surface area contributed by atoms with Gasteiger partial charge in [0.2, 0.25) is 5.91 Å². The van der Waals surface area contributed by atoms with Crippen LogP contribution in [0.25, 0.3) is 22.3 Å². The number of amides is 1. The van der Waals surface area contributed by atoms with Gasteiger partial charge in [0, 0.05) is 23.4 Å². The zero-order valence-electron chi connectivity index (χ0n) is 16.6. The van der Waals surface area contributed by atoms with Crippen molar-refractivity contribution in [2.24, 2.45) is 0 Å². The van der Waals surface area contributed by atoms with E-state index in [1.807, 2.05) is 61.5 Å². The van der Waals surface area contributed by atoms with Crippen molar-refractivity contribution >= 4 is 22.6 Å². The number of rotatable bonds is 6. The molecule has 4 rings (SSSR count). The van der Waals surface area contributed by atoms with Gasteiger partial charge in [0.05, 0.1) is 18.4 Å². The highest BCUT2D eigenvalue weighted by Gasteiger charge is 2.10. The SMILES string of the molecule is CCOc1ccc(-c2cc(=O)c3ccc(NC(=O)Cc4ccccc4)cc3o2)cc1. The average molecular weight is 399 g/mol. The van der Waals surface area contributed by atoms with Crippen LogP contribution in [-0.2, 0) is 11.2 Å². The molecule has 1 aromatic heterocycles. The van der Waals surface area contributed by atoms with Crippen molar-refractivity contribution in [1.82, 2.24) is 0 Å². The van der Waals surface area contributed by atoms with Crippen molar-refractivity contribution in [3.05, 3.63) is 94.6 Å². The molecule has 3 aromatic carbocycles. The Morgan fingerprint density at radius 2 is 1.73 bits per heavy atom. The minimum atomic E-state index is -0.137. The second-order valence-electron chi connectivity index (χ2n) is 6.85. The van der Waals surface area contributed by atoms with E-state index in [9.17, 15) is 9.59 Å². The second kappa shape index (κ2) is 8.66. The summed E-state index contributed by atoms with van der Waals surface area (Å²) in [5, 5.41) is 3.33. The zero-order valence-corrected chi connectivity index (χ0v) is 16.6. The number of benzene rings is 3. The number of fused-ring (bicyclic) bond motifs is 1. The van der Waals surface area contributed by atoms with Gasteiger partial charge >= 0.3 is 0 Å². The van der Waals surface area contributed by atoms with Gasteiger partial charge in [0.1, 0.15) is 17.1 Å². The quantitative estimate of drug-likeness (QED) is 0.493. The summed E-state index contributed by atoms with van der Waals surface area (Å²) in [7, 11) is 0. The lowest BCUT2D eigenvalue weighted by atomic mass is 10.1. The third-order valence-corrected chi connectivity index (χ3v) is 4.67. The molecule has 1 amide bonds. The molecule has 0 radical (unpaired) electrons. The topological polar surface area (TPSA) is 68.5 Å². The molecule has 30 heavy (non-hydrogen) atoms. The molecule has 0 fully saturated rings. The Bertz CT molecular complexity index is 1230. The minimum absolute atomic E-state index is 0.134. The van der Waals surface area contributed by atoms with Crippen molar-refractivity contribution in [2.45, 2.75) is 13.3 Å². The first-order chi connectivity index (χ1) is 14.6. The van der Waals surface area contributed by atoms with Crippen LogP contribution in [0.3, 0.4) is 0 Å². The third-order valence-electron chi connectivity index (χ3n) is 4.67. The summed E-state index contributed by atoms with van der Waals surface area (Å²) < 4.78 is 11.4. The van der Waals surface area contributed by atoms with Crippen molar-refractivity contribution in [3.8, 4) is 17.1 Å². The molecule has 0 aliphatic carbocycles. The predicted octanol–water partition coefficient (Wildman–Crippen LogP) is 5.04. The van der Waals surface area contributed by atoms with Crippen LogP contribution in [0.15, 0.2) is 88.1 Å². The molecule has 5 nitrogen and oxygen atoms in total. The van der Waals surface area contributed by atoms with Gasteiger partial charge in [-0.15, -0.1) is 0 Å². The molecule has 150 valence electrons. The normalized spacial score (nSPS) is 10.7. The summed E-state index contributed by atoms with van der Waals surface area (Å²) in [5.41, 5.74) is 2.57. The Kier molecular flexibility index (Phi) is 5.61. The Hall–Kier alpha value is -3.86. The molecule has 0 bridgehead atoms. The Morgan fingerprint density at radius 3 is 2.47 bits per heavy atom. The van der Waals surface area contributed by atoms with Crippen LogP contribution in [0.2, 0.25) is 0 Å². The van der Waals surface area contributed by atoms with Gasteiger partial charge in [-0.25, -0.2) is 0 Å². The van der Waals surface area contributed by atoms with E-state index in [2.05, 4.69) is 5.32 Å². The molecule has 0 spiro atoms. The van der Waals surface area contributed by atoms with Crippen LogP contribution < -0.4 is 15.5 Å². The lowest BCUT2D eigenvalue weighted by Crippen LogP contribution is -2.14. The van der Waals surface area contributed by atoms with Crippen LogP contribution >= 0.6 is 0 Å². The van der Waals surface area contributed by atoms with Crippen molar-refractivity contribution in [1.29, 1.82) is 0 Å². The van der Waals surface area contributed by atoms with Gasteiger partial charge in [-0.1, -0.05) is 30.3 Å². The molecule has 4 aromatic rings. The highest BCUT2D eigenvalue weighted by atomic mass is 16.5. The summed E-state index contributed by atoms with van der Waals surface area (Å²) in [4.78, 5) is 24.9. The zero-order chi connectivity index (χ0) is 20.9. The number of carbonyl (C=O) groups excluding carboxylic acids is 1. The third kappa shape index (κ3) is 4.41. The van der Waals surface area contributed by atoms with Gasteiger partial charge in [0.25, 0.3) is 0 Å². The fraction of sp³-hybridized carbons (Fsp3) is 0.120. The monoisotopic (exact) mass is 399 g/mol. The lowest BCUT2D eigenvalue weighted by molar-refractivity contribution is -0.115. The first kappa shape index (κ1) is 19.5. The summed E-state index contributed by atoms with van der Waals surface area (Å²) in [6.45, 7) is 2.51. The van der Waals surface area contributed by atoms with Gasteiger partial charge in [-0.05, 0) is 48.9 Å². The highest BCUT2D eigenvalue weighted by molar-refractivity contribution is 5.94. The van der Waals surface area contributed by atoms with Crippen LogP contribution in [0.4, 0.5) is 5.69 Å². The van der Waals surface area contributed by atoms with Crippen LogP contribution in [0, 0.1) is 0 Å². The van der Waals surface area contributed by atoms with Crippen molar-refractivity contribution < 1.29 is 13.9 Å². The number of ether oxygens (including phenoxy) is 1. The van der Waals surface area contributed by atoms with Crippen molar-refractivity contribution in [3.63, 3.8) is 0 Å². The summed E-state index contributed by atoms with van der Waals surface area (Å²) in [5.74, 6) is 1.08. The Morgan fingerprint density at radius 1 is 0.967 bits per heavy atom. The Balaban J connectivity index is 1.60. The lowest BCUT2D eigenvalue weighted by Gasteiger charge is -2.08. The van der Waals surface area contributed by atoms with Crippen molar-refractivity contribution in [2.75, 3.05) is 11.9 Å². The minimum Gasteiger partial charge on any atom is -0.494 e. The number of nitrogens with one attached hydrogen (secondary N) is 1. The number of carbonyl (C=O) groups is 1. The number of anilines is 1. The van der Waals surface area contributed by atoms with Crippen LogP contribution in [0.1, 0.15) is 12.5 Å². The fourth-order valence-corrected chi connectivity index (χ4v) is 3.24. The fourth-order valence-electron chi connectivity index (χ4n) is 3.24. The van der Waals surface area contributed by atoms with Gasteiger partial charge < -0.3 is 14.5 Å². The van der Waals surface area contributed by atoms with E-state index in [-0.39, 0.29) is 17.8 Å². The smallest absolute Gasteiger partial charge is 0.228 e. The van der Waals surface area contributed by atoms with E-state index >= 15 is 0 Å². The molecule has 0 atom stereocenters. The molecule has 0 saturated heterocycles. The highest BCUT2D eigenvalue weighted by Crippen LogP contribution is 2.26. The molecule has 0 aliphatic rings. The van der Waals surface area contributed by atoms with E-state index in [0.717, 1.165) is 16.9 Å². The van der Waals surface area contributed by atoms with E-state index in [4.69, 9.17) is 9.15 Å². The molecule has 0 unspecified atom stereocenters. The maximum Gasteiger partial charge on any atom is 0.228 e. The molecule has 5 heteroatoms. The number of hydrogen-bond donors (Lipinski definition) is 1. The maximum absolute atomic E-state index is 12.5. The number of hydrogen-bond acceptors (Lipinski definition) is 4. The van der Waals surface area contributed by atoms with Crippen LogP contribution in [-0.4, -0.2) is 12.5 Å². The molecule has 0 aliphatic heterocycles. The molecular formula is C25H21NO4. The first-order valence-corrected chi connectivity index (χ1v) is 9.77. The van der Waals surface area contributed by atoms with Gasteiger partial charge in [-0.3, -0.25) is 9.59 Å². The largest absolute Gasteiger partial charge is 0.494 e. The first-order valence-electron chi connectivity index (χ1n) is 9.77. The Labute approximate surface area is 173 Å². The van der Waals surface area contributed by atoms with E-state index in [1.165, 1.54) is 6.07 Å². The van der Waals surface area contributed by atoms with E-state index < -0.39 is 0 Å². The van der Waals surface area contributed by atoms with E-state index in [0.29, 0.717) is 29.0 Å². The van der Waals surface area contributed by atoms with Gasteiger partial charge in [-0.2, -0.15) is 0 Å². The average Bonchev–Trinajstić information content (AvgIpc) is 2.75. The molecule has 0 saturated carbocycles. The standard InChI is InChI=1S/C25H21NO4/c1-2-29-20-11-8-18(9-12-20)23-16-22(27)21-13-10-19(15-24(21)30-23)26-25(28)14-17-6-4-3-5-7-17/h3-13,15-16H,2,14H2,1H3,(H,26,28). The van der Waals surface area contributed by atoms with Gasteiger partial charge in [0.15, 0.2) is 5.43 Å². The predicted molar refractivity (Wildman–Crippen MR) is 118 cm³/mol. The molecular weight excluding hydrogens is 378 g/mol. The maximum atomic E-state index is 12.5.